The van der Waals surface area contributed by atoms with Crippen molar-refractivity contribution in [3.63, 3.8) is 0 Å². The van der Waals surface area contributed by atoms with Crippen LogP contribution in [0.5, 0.6) is 17.2 Å². The van der Waals surface area contributed by atoms with Gasteiger partial charge < -0.3 is 19.3 Å². The number of phenols is 1. The van der Waals surface area contributed by atoms with Gasteiger partial charge in [0.2, 0.25) is 0 Å². The van der Waals surface area contributed by atoms with Crippen LogP contribution in [0.2, 0.25) is 0 Å². The van der Waals surface area contributed by atoms with Crippen LogP contribution in [-0.4, -0.2) is 36.0 Å². The van der Waals surface area contributed by atoms with Crippen molar-refractivity contribution < 1.29 is 24.1 Å². The molecule has 1 unspecified atom stereocenters. The number of ether oxygens (including phenoxy) is 3. The Hall–Kier alpha value is -4.11. The zero-order valence-electron chi connectivity index (χ0n) is 20.2. The summed E-state index contributed by atoms with van der Waals surface area (Å²) < 4.78 is 17.9. The Morgan fingerprint density at radius 2 is 2.00 bits per heavy atom. The monoisotopic (exact) mass is 506 g/mol. The molecule has 4 rings (SSSR count). The molecule has 186 valence electrons. The molecule has 9 heteroatoms. The highest BCUT2D eigenvalue weighted by atomic mass is 32.1. The molecule has 0 saturated heterocycles. The maximum atomic E-state index is 13.7. The van der Waals surface area contributed by atoms with Gasteiger partial charge in [-0.05, 0) is 43.7 Å². The summed E-state index contributed by atoms with van der Waals surface area (Å²) in [6, 6.07) is 11.5. The van der Waals surface area contributed by atoms with E-state index in [4.69, 9.17) is 14.2 Å². The van der Waals surface area contributed by atoms with Gasteiger partial charge in [0.25, 0.3) is 5.56 Å². The van der Waals surface area contributed by atoms with Crippen molar-refractivity contribution in [1.82, 2.24) is 4.57 Å². The molecule has 1 aliphatic rings. The van der Waals surface area contributed by atoms with Crippen molar-refractivity contribution >= 4 is 23.4 Å². The van der Waals surface area contributed by atoms with Crippen LogP contribution < -0.4 is 24.4 Å². The number of fused-ring (bicyclic) bond motifs is 1. The summed E-state index contributed by atoms with van der Waals surface area (Å²) in [5, 5.41) is 10.5. The number of phenolic OH excluding ortho intramolecular Hbond substituents is 1. The number of para-hydroxylation sites is 1. The zero-order valence-corrected chi connectivity index (χ0v) is 21.0. The number of aromatic nitrogens is 1. The van der Waals surface area contributed by atoms with Gasteiger partial charge in [0.15, 0.2) is 16.3 Å². The second-order valence-electron chi connectivity index (χ2n) is 7.87. The molecule has 0 aliphatic carbocycles. The molecule has 1 aromatic heterocycles. The molecule has 2 aromatic carbocycles. The fourth-order valence-corrected chi connectivity index (χ4v) is 5.01. The predicted molar refractivity (Wildman–Crippen MR) is 137 cm³/mol. The third-order valence-corrected chi connectivity index (χ3v) is 6.60. The first-order chi connectivity index (χ1) is 17.4. The molecule has 8 nitrogen and oxygen atoms in total. The summed E-state index contributed by atoms with van der Waals surface area (Å²) >= 11 is 1.18. The first-order valence-electron chi connectivity index (χ1n) is 11.3. The quantitative estimate of drug-likeness (QED) is 0.372. The number of allylic oxidation sites excluding steroid dienone is 1. The third-order valence-electron chi connectivity index (χ3n) is 5.62. The van der Waals surface area contributed by atoms with Gasteiger partial charge in [-0.3, -0.25) is 9.36 Å². The minimum absolute atomic E-state index is 0.0686. The Bertz CT molecular complexity index is 1520. The fourth-order valence-electron chi connectivity index (χ4n) is 3.97. The number of rotatable bonds is 8. The Balaban J connectivity index is 1.90. The van der Waals surface area contributed by atoms with Crippen LogP contribution in [0.15, 0.2) is 76.2 Å². The smallest absolute Gasteiger partial charge is 0.338 e. The number of aromatic hydroxyl groups is 1. The molecule has 1 aliphatic heterocycles. The van der Waals surface area contributed by atoms with Crippen molar-refractivity contribution in [2.75, 3.05) is 20.3 Å². The number of hydrogen-bond acceptors (Lipinski definition) is 8. The van der Waals surface area contributed by atoms with Crippen LogP contribution in [0, 0.1) is 0 Å². The SMILES string of the molecule is C=CCOc1ccc(C2C(C(=O)OCC)=C(C)N=c3sc(=Cc4cccc(OC)c4O)c(=O)n32)cc1. The Labute approximate surface area is 211 Å². The van der Waals surface area contributed by atoms with E-state index in [0.29, 0.717) is 49.8 Å². The molecule has 3 aromatic rings. The molecule has 0 amide bonds. The number of carbonyl (C=O) groups excluding carboxylic acids is 1. The lowest BCUT2D eigenvalue weighted by Gasteiger charge is -2.24. The lowest BCUT2D eigenvalue weighted by Crippen LogP contribution is -2.39. The van der Waals surface area contributed by atoms with E-state index in [1.54, 1.807) is 56.3 Å². The first kappa shape index (κ1) is 25.0. The largest absolute Gasteiger partial charge is 0.504 e. The minimum Gasteiger partial charge on any atom is -0.504 e. The van der Waals surface area contributed by atoms with E-state index in [0.717, 1.165) is 0 Å². The molecular formula is C27H26N2O6S. The summed E-state index contributed by atoms with van der Waals surface area (Å²) in [6.45, 7) is 7.65. The molecule has 0 bridgehead atoms. The second-order valence-corrected chi connectivity index (χ2v) is 8.88. The van der Waals surface area contributed by atoms with E-state index in [9.17, 15) is 14.7 Å². The van der Waals surface area contributed by atoms with Crippen molar-refractivity contribution in [2.45, 2.75) is 19.9 Å². The summed E-state index contributed by atoms with van der Waals surface area (Å²) in [7, 11) is 1.46. The number of nitrogens with zero attached hydrogens (tertiary/aromatic N) is 2. The molecule has 1 atom stereocenters. The number of carbonyl (C=O) groups is 1. The van der Waals surface area contributed by atoms with Gasteiger partial charge in [-0.15, -0.1) is 0 Å². The van der Waals surface area contributed by atoms with E-state index in [-0.39, 0.29) is 17.9 Å². The lowest BCUT2D eigenvalue weighted by molar-refractivity contribution is -0.139. The van der Waals surface area contributed by atoms with E-state index in [2.05, 4.69) is 11.6 Å². The number of hydrogen-bond donors (Lipinski definition) is 1. The van der Waals surface area contributed by atoms with Gasteiger partial charge in [-0.25, -0.2) is 9.79 Å². The zero-order chi connectivity index (χ0) is 25.8. The van der Waals surface area contributed by atoms with Gasteiger partial charge in [-0.2, -0.15) is 0 Å². The fraction of sp³-hybridized carbons (Fsp3) is 0.222. The summed E-state index contributed by atoms with van der Waals surface area (Å²) in [5.74, 6) is 0.336. The van der Waals surface area contributed by atoms with Crippen molar-refractivity contribution in [3.05, 3.63) is 97.2 Å². The summed E-state index contributed by atoms with van der Waals surface area (Å²) in [5.41, 5.74) is 1.56. The van der Waals surface area contributed by atoms with Gasteiger partial charge in [-0.1, -0.05) is 48.3 Å². The van der Waals surface area contributed by atoms with Gasteiger partial charge in [0.05, 0.1) is 35.6 Å². The van der Waals surface area contributed by atoms with E-state index in [1.807, 2.05) is 12.1 Å². The number of benzene rings is 2. The van der Waals surface area contributed by atoms with E-state index < -0.39 is 12.0 Å². The lowest BCUT2D eigenvalue weighted by atomic mass is 9.96. The van der Waals surface area contributed by atoms with E-state index in [1.165, 1.54) is 23.0 Å². The highest BCUT2D eigenvalue weighted by Gasteiger charge is 2.33. The summed E-state index contributed by atoms with van der Waals surface area (Å²) in [4.78, 5) is 31.7. The van der Waals surface area contributed by atoms with Crippen LogP contribution in [0.1, 0.15) is 31.0 Å². The minimum atomic E-state index is -0.741. The van der Waals surface area contributed by atoms with Gasteiger partial charge >= 0.3 is 5.97 Å². The Morgan fingerprint density at radius 1 is 1.25 bits per heavy atom. The normalized spacial score (nSPS) is 15.2. The standard InChI is InChI=1S/C27H26N2O6S/c1-5-14-35-19-12-10-17(11-13-19)23-22(26(32)34-6-2)16(3)28-27-29(23)25(31)21(36-27)15-18-8-7-9-20(33-4)24(18)30/h5,7-13,15,23,30H,1,6,14H2,2-4H3. The van der Waals surface area contributed by atoms with Crippen LogP contribution in [0.4, 0.5) is 0 Å². The van der Waals surface area contributed by atoms with Crippen LogP contribution in [0.3, 0.4) is 0 Å². The molecule has 36 heavy (non-hydrogen) atoms. The molecular weight excluding hydrogens is 480 g/mol. The first-order valence-corrected chi connectivity index (χ1v) is 12.1. The molecule has 0 spiro atoms. The Kier molecular flexibility index (Phi) is 7.40. The predicted octanol–water partition coefficient (Wildman–Crippen LogP) is 3.08. The maximum Gasteiger partial charge on any atom is 0.338 e. The molecule has 0 radical (unpaired) electrons. The number of thiazole rings is 1. The maximum absolute atomic E-state index is 13.7. The third kappa shape index (κ3) is 4.70. The average Bonchev–Trinajstić information content (AvgIpc) is 3.17. The average molecular weight is 507 g/mol. The van der Waals surface area contributed by atoms with Gasteiger partial charge in [0, 0.05) is 5.56 Å². The number of esters is 1. The van der Waals surface area contributed by atoms with Crippen molar-refractivity contribution in [1.29, 1.82) is 0 Å². The van der Waals surface area contributed by atoms with E-state index >= 15 is 0 Å². The molecule has 1 N–H and O–H groups in total. The van der Waals surface area contributed by atoms with Crippen LogP contribution in [-0.2, 0) is 9.53 Å². The summed E-state index contributed by atoms with van der Waals surface area (Å²) in [6.07, 6.45) is 3.24. The number of methoxy groups -OCH3 is 1. The second kappa shape index (κ2) is 10.7. The Morgan fingerprint density at radius 3 is 2.67 bits per heavy atom. The topological polar surface area (TPSA) is 99.4 Å². The molecule has 0 fully saturated rings. The molecule has 0 saturated carbocycles. The van der Waals surface area contributed by atoms with Crippen molar-refractivity contribution in [3.8, 4) is 17.2 Å². The highest BCUT2D eigenvalue weighted by Crippen LogP contribution is 2.32. The van der Waals surface area contributed by atoms with Crippen LogP contribution in [0.25, 0.3) is 6.08 Å². The van der Waals surface area contributed by atoms with Crippen molar-refractivity contribution in [2.24, 2.45) is 4.99 Å². The van der Waals surface area contributed by atoms with Crippen LogP contribution >= 0.6 is 11.3 Å². The van der Waals surface area contributed by atoms with Gasteiger partial charge in [0.1, 0.15) is 12.4 Å². The molecule has 2 heterocycles. The highest BCUT2D eigenvalue weighted by molar-refractivity contribution is 7.07.